The highest BCUT2D eigenvalue weighted by Crippen LogP contribution is 2.66. The lowest BCUT2D eigenvalue weighted by atomic mass is 9.70. The van der Waals surface area contributed by atoms with Crippen LogP contribution in [0.4, 0.5) is 0 Å². The Morgan fingerprint density at radius 2 is 2.14 bits per heavy atom. The molecule has 3 nitrogen and oxygen atoms in total. The molecule has 0 aromatic carbocycles. The van der Waals surface area contributed by atoms with Crippen molar-refractivity contribution in [1.29, 1.82) is 0 Å². The molecule has 0 saturated heterocycles. The predicted molar refractivity (Wildman–Crippen MR) is 82.4 cm³/mol. The first-order chi connectivity index (χ1) is 9.75. The third-order valence-electron chi connectivity index (χ3n) is 6.17. The molecule has 2 aliphatic rings. The van der Waals surface area contributed by atoms with Crippen LogP contribution in [0.2, 0.25) is 5.02 Å². The molecule has 2 saturated carbocycles. The van der Waals surface area contributed by atoms with Crippen molar-refractivity contribution in [3.63, 3.8) is 0 Å². The van der Waals surface area contributed by atoms with E-state index in [1.807, 2.05) is 6.92 Å². The minimum absolute atomic E-state index is 0.0175. The maximum atomic E-state index is 12.4. The van der Waals surface area contributed by atoms with Crippen LogP contribution in [-0.4, -0.2) is 17.1 Å². The number of carbonyl (C=O) groups excluding carboxylic acids is 1. The topological polar surface area (TPSA) is 39.2 Å². The van der Waals surface area contributed by atoms with Crippen LogP contribution in [0.1, 0.15) is 56.1 Å². The maximum absolute atomic E-state index is 12.4. The van der Waals surface area contributed by atoms with Gasteiger partial charge in [-0.15, -0.1) is 0 Å². The average molecular weight is 308 g/mol. The van der Waals surface area contributed by atoms with Gasteiger partial charge in [-0.25, -0.2) is 4.79 Å². The van der Waals surface area contributed by atoms with Gasteiger partial charge in [0.15, 0.2) is 0 Å². The average Bonchev–Trinajstić information content (AvgIpc) is 2.71. The van der Waals surface area contributed by atoms with Crippen molar-refractivity contribution in [2.45, 2.75) is 53.1 Å². The van der Waals surface area contributed by atoms with Crippen molar-refractivity contribution < 1.29 is 9.53 Å². The summed E-state index contributed by atoms with van der Waals surface area (Å²) in [7, 11) is 0. The highest BCUT2D eigenvalue weighted by Gasteiger charge is 2.62. The number of hydrogen-bond donors (Lipinski definition) is 0. The molecule has 2 aliphatic carbocycles. The van der Waals surface area contributed by atoms with Gasteiger partial charge >= 0.3 is 5.97 Å². The summed E-state index contributed by atoms with van der Waals surface area (Å²) in [6.07, 6.45) is 4.83. The Morgan fingerprint density at radius 1 is 1.43 bits per heavy atom. The van der Waals surface area contributed by atoms with Crippen LogP contribution in [0, 0.1) is 23.7 Å². The first-order valence-electron chi connectivity index (χ1n) is 7.59. The summed E-state index contributed by atoms with van der Waals surface area (Å²) in [5.41, 5.74) is 1.46. The second-order valence-corrected chi connectivity index (χ2v) is 7.72. The lowest BCUT2D eigenvalue weighted by Gasteiger charge is -2.38. The highest BCUT2D eigenvalue weighted by molar-refractivity contribution is 6.33. The van der Waals surface area contributed by atoms with Crippen molar-refractivity contribution in [3.8, 4) is 0 Å². The summed E-state index contributed by atoms with van der Waals surface area (Å²) in [6.45, 7) is 8.71. The van der Waals surface area contributed by atoms with Crippen LogP contribution in [0.5, 0.6) is 0 Å². The first kappa shape index (κ1) is 14.8. The Hall–Kier alpha value is -1.09. The predicted octanol–water partition coefficient (Wildman–Crippen LogP) is 4.42. The van der Waals surface area contributed by atoms with Gasteiger partial charge in [-0.1, -0.05) is 32.4 Å². The molecule has 0 N–H and O–H groups in total. The van der Waals surface area contributed by atoms with E-state index in [2.05, 4.69) is 25.8 Å². The van der Waals surface area contributed by atoms with E-state index in [1.165, 1.54) is 12.6 Å². The molecular weight excluding hydrogens is 286 g/mol. The Morgan fingerprint density at radius 3 is 2.67 bits per heavy atom. The van der Waals surface area contributed by atoms with Crippen molar-refractivity contribution in [1.82, 2.24) is 4.98 Å². The molecule has 1 aromatic rings. The van der Waals surface area contributed by atoms with Crippen LogP contribution in [0.25, 0.3) is 0 Å². The van der Waals surface area contributed by atoms with E-state index in [0.717, 1.165) is 18.5 Å². The summed E-state index contributed by atoms with van der Waals surface area (Å²) >= 11 is 6.14. The fourth-order valence-corrected chi connectivity index (χ4v) is 4.46. The molecular formula is C17H22ClNO2. The second-order valence-electron chi connectivity index (χ2n) is 7.31. The lowest BCUT2D eigenvalue weighted by molar-refractivity contribution is -0.0242. The molecule has 3 unspecified atom stereocenters. The zero-order chi connectivity index (χ0) is 15.4. The smallest absolute Gasteiger partial charge is 0.341 e. The first-order valence-corrected chi connectivity index (χ1v) is 7.96. The Kier molecular flexibility index (Phi) is 3.32. The van der Waals surface area contributed by atoms with E-state index in [-0.39, 0.29) is 22.9 Å². The summed E-state index contributed by atoms with van der Waals surface area (Å²) in [6, 6.07) is 1.70. The summed E-state index contributed by atoms with van der Waals surface area (Å²) in [4.78, 5) is 16.6. The quantitative estimate of drug-likeness (QED) is 0.759. The number of halogens is 1. The molecule has 0 aliphatic heterocycles. The molecule has 0 spiro atoms. The monoisotopic (exact) mass is 307 g/mol. The van der Waals surface area contributed by atoms with Crippen LogP contribution in [0.15, 0.2) is 12.3 Å². The van der Waals surface area contributed by atoms with Gasteiger partial charge in [-0.3, -0.25) is 4.98 Å². The van der Waals surface area contributed by atoms with Crippen LogP contribution >= 0.6 is 11.6 Å². The third-order valence-corrected chi connectivity index (χ3v) is 6.49. The fraction of sp³-hybridized carbons (Fsp3) is 0.647. The molecule has 21 heavy (non-hydrogen) atoms. The van der Waals surface area contributed by atoms with Crippen molar-refractivity contribution in [2.75, 3.05) is 0 Å². The number of rotatable bonds is 2. The molecule has 114 valence electrons. The standard InChI is InChI=1S/C17H22ClNO2/c1-10-7-13(18)12(9-19-10)15(20)21-14-8-11-5-6-17(14,4)16(11,2)3/h7,9,11,14H,5-6,8H2,1-4H3. The lowest BCUT2D eigenvalue weighted by Crippen LogP contribution is -2.38. The minimum Gasteiger partial charge on any atom is -0.458 e. The molecule has 2 bridgehead atoms. The third kappa shape index (κ3) is 2.09. The minimum atomic E-state index is -0.345. The van der Waals surface area contributed by atoms with E-state index >= 15 is 0 Å². The molecule has 1 heterocycles. The van der Waals surface area contributed by atoms with E-state index in [9.17, 15) is 4.79 Å². The zero-order valence-corrected chi connectivity index (χ0v) is 13.8. The normalized spacial score (nSPS) is 33.2. The van der Waals surface area contributed by atoms with Crippen molar-refractivity contribution >= 4 is 17.6 Å². The molecule has 2 fully saturated rings. The largest absolute Gasteiger partial charge is 0.458 e. The number of aryl methyl sites for hydroxylation is 1. The summed E-state index contributed by atoms with van der Waals surface area (Å²) in [5.74, 6) is 0.300. The molecule has 4 heteroatoms. The van der Waals surface area contributed by atoms with Crippen molar-refractivity contribution in [2.24, 2.45) is 16.7 Å². The van der Waals surface area contributed by atoms with Gasteiger partial charge in [-0.05, 0) is 43.6 Å². The van der Waals surface area contributed by atoms with Gasteiger partial charge in [0.1, 0.15) is 6.10 Å². The summed E-state index contributed by atoms with van der Waals surface area (Å²) in [5, 5.41) is 0.417. The number of aromatic nitrogens is 1. The molecule has 1 aromatic heterocycles. The van der Waals surface area contributed by atoms with Gasteiger partial charge in [0, 0.05) is 17.3 Å². The summed E-state index contributed by atoms with van der Waals surface area (Å²) < 4.78 is 5.83. The van der Waals surface area contributed by atoms with Gasteiger partial charge in [0.05, 0.1) is 10.6 Å². The Balaban J connectivity index is 1.80. The zero-order valence-electron chi connectivity index (χ0n) is 13.1. The SMILES string of the molecule is Cc1cc(Cl)c(C(=O)OC2CC3CCC2(C)C3(C)C)cn1. The molecule has 3 rings (SSSR count). The Bertz CT molecular complexity index is 598. The van der Waals surface area contributed by atoms with E-state index in [1.54, 1.807) is 6.07 Å². The number of ether oxygens (including phenoxy) is 1. The molecule has 0 radical (unpaired) electrons. The van der Waals surface area contributed by atoms with Gasteiger partial charge < -0.3 is 4.74 Å². The van der Waals surface area contributed by atoms with Crippen LogP contribution in [-0.2, 0) is 4.74 Å². The number of hydrogen-bond acceptors (Lipinski definition) is 3. The van der Waals surface area contributed by atoms with Gasteiger partial charge in [0.25, 0.3) is 0 Å². The number of nitrogens with zero attached hydrogens (tertiary/aromatic N) is 1. The van der Waals surface area contributed by atoms with Crippen LogP contribution in [0.3, 0.4) is 0 Å². The number of carbonyl (C=O) groups is 1. The van der Waals surface area contributed by atoms with Gasteiger partial charge in [0.2, 0.25) is 0 Å². The number of pyridine rings is 1. The van der Waals surface area contributed by atoms with Gasteiger partial charge in [-0.2, -0.15) is 0 Å². The fourth-order valence-electron chi connectivity index (χ4n) is 4.18. The highest BCUT2D eigenvalue weighted by atomic mass is 35.5. The second kappa shape index (κ2) is 4.70. The molecule has 0 amide bonds. The van der Waals surface area contributed by atoms with E-state index < -0.39 is 0 Å². The van der Waals surface area contributed by atoms with Crippen molar-refractivity contribution in [3.05, 3.63) is 28.5 Å². The molecule has 3 atom stereocenters. The van der Waals surface area contributed by atoms with E-state index in [0.29, 0.717) is 16.5 Å². The number of fused-ring (bicyclic) bond motifs is 2. The number of esters is 1. The van der Waals surface area contributed by atoms with Crippen LogP contribution < -0.4 is 0 Å². The maximum Gasteiger partial charge on any atom is 0.341 e. The van der Waals surface area contributed by atoms with E-state index in [4.69, 9.17) is 16.3 Å². The Labute approximate surface area is 131 Å².